The van der Waals surface area contributed by atoms with Crippen molar-refractivity contribution in [1.82, 2.24) is 5.32 Å². The van der Waals surface area contributed by atoms with E-state index in [9.17, 15) is 0 Å². The van der Waals surface area contributed by atoms with Gasteiger partial charge in [0, 0.05) is 0 Å². The van der Waals surface area contributed by atoms with E-state index in [0.717, 1.165) is 12.3 Å². The molecule has 88 valence electrons. The van der Waals surface area contributed by atoms with Gasteiger partial charge in [-0.05, 0) is 19.4 Å². The third-order valence-corrected chi connectivity index (χ3v) is 3.05. The number of rotatable bonds is 3. The van der Waals surface area contributed by atoms with Crippen LogP contribution >= 0.6 is 0 Å². The minimum Gasteiger partial charge on any atom is -0.305 e. The predicted molar refractivity (Wildman–Crippen MR) is 65.6 cm³/mol. The summed E-state index contributed by atoms with van der Waals surface area (Å²) in [5.41, 5.74) is 0. The SMILES string of the molecule is CC.CNC(C#N)CC1CCCCCC1. The summed E-state index contributed by atoms with van der Waals surface area (Å²) < 4.78 is 0. The van der Waals surface area contributed by atoms with Gasteiger partial charge in [0.05, 0.1) is 12.1 Å². The second kappa shape index (κ2) is 9.98. The Balaban J connectivity index is 0.000000921. The van der Waals surface area contributed by atoms with E-state index in [2.05, 4.69) is 11.4 Å². The molecule has 2 nitrogen and oxygen atoms in total. The Hall–Kier alpha value is -0.550. The van der Waals surface area contributed by atoms with Crippen LogP contribution in [0.1, 0.15) is 58.8 Å². The monoisotopic (exact) mass is 210 g/mol. The quantitative estimate of drug-likeness (QED) is 0.724. The molecule has 0 aromatic heterocycles. The van der Waals surface area contributed by atoms with Crippen molar-refractivity contribution in [2.24, 2.45) is 5.92 Å². The molecular formula is C13H26N2. The summed E-state index contributed by atoms with van der Waals surface area (Å²) >= 11 is 0. The second-order valence-corrected chi connectivity index (χ2v) is 4.06. The number of hydrogen-bond donors (Lipinski definition) is 1. The fourth-order valence-electron chi connectivity index (χ4n) is 2.17. The predicted octanol–water partition coefficient (Wildman–Crippen LogP) is 3.48. The van der Waals surface area contributed by atoms with Crippen molar-refractivity contribution in [2.75, 3.05) is 7.05 Å². The molecule has 1 unspecified atom stereocenters. The molecule has 0 heterocycles. The molecular weight excluding hydrogens is 184 g/mol. The van der Waals surface area contributed by atoms with Gasteiger partial charge in [-0.25, -0.2) is 0 Å². The van der Waals surface area contributed by atoms with Crippen LogP contribution in [0.3, 0.4) is 0 Å². The van der Waals surface area contributed by atoms with Gasteiger partial charge in [0.15, 0.2) is 0 Å². The van der Waals surface area contributed by atoms with Gasteiger partial charge < -0.3 is 5.32 Å². The molecule has 0 bridgehead atoms. The zero-order valence-electron chi connectivity index (χ0n) is 10.6. The molecule has 1 fully saturated rings. The average Bonchev–Trinajstić information content (AvgIpc) is 2.57. The first-order chi connectivity index (χ1) is 7.36. The van der Waals surface area contributed by atoms with E-state index in [-0.39, 0.29) is 6.04 Å². The Kier molecular flexibility index (Phi) is 9.62. The molecule has 1 saturated carbocycles. The minimum atomic E-state index is 0.0723. The lowest BCUT2D eigenvalue weighted by Gasteiger charge is -2.16. The fraction of sp³-hybridized carbons (Fsp3) is 0.923. The van der Waals surface area contributed by atoms with Crippen molar-refractivity contribution in [2.45, 2.75) is 64.8 Å². The summed E-state index contributed by atoms with van der Waals surface area (Å²) in [4.78, 5) is 0. The molecule has 0 aromatic carbocycles. The number of nitrogens with one attached hydrogen (secondary N) is 1. The summed E-state index contributed by atoms with van der Waals surface area (Å²) in [6.07, 6.45) is 9.24. The Labute approximate surface area is 95.1 Å². The van der Waals surface area contributed by atoms with Crippen LogP contribution in [0.25, 0.3) is 0 Å². The van der Waals surface area contributed by atoms with Gasteiger partial charge in [-0.1, -0.05) is 52.4 Å². The summed E-state index contributed by atoms with van der Waals surface area (Å²) in [5.74, 6) is 0.791. The van der Waals surface area contributed by atoms with E-state index in [4.69, 9.17) is 5.26 Å². The highest BCUT2D eigenvalue weighted by Gasteiger charge is 2.16. The van der Waals surface area contributed by atoms with Crippen molar-refractivity contribution in [3.05, 3.63) is 0 Å². The summed E-state index contributed by atoms with van der Waals surface area (Å²) in [7, 11) is 1.88. The topological polar surface area (TPSA) is 35.8 Å². The molecule has 0 amide bonds. The van der Waals surface area contributed by atoms with Crippen LogP contribution < -0.4 is 5.32 Å². The summed E-state index contributed by atoms with van der Waals surface area (Å²) in [5, 5.41) is 11.9. The van der Waals surface area contributed by atoms with E-state index in [1.165, 1.54) is 38.5 Å². The maximum atomic E-state index is 8.81. The second-order valence-electron chi connectivity index (χ2n) is 4.06. The van der Waals surface area contributed by atoms with Crippen LogP contribution in [0, 0.1) is 17.2 Å². The lowest BCUT2D eigenvalue weighted by Crippen LogP contribution is -2.26. The maximum Gasteiger partial charge on any atom is 0.0953 e. The van der Waals surface area contributed by atoms with Crippen LogP contribution in [0.4, 0.5) is 0 Å². The van der Waals surface area contributed by atoms with Crippen molar-refractivity contribution in [1.29, 1.82) is 5.26 Å². The molecule has 0 saturated heterocycles. The largest absolute Gasteiger partial charge is 0.305 e. The van der Waals surface area contributed by atoms with Crippen molar-refractivity contribution < 1.29 is 0 Å². The van der Waals surface area contributed by atoms with Crippen LogP contribution in [-0.4, -0.2) is 13.1 Å². The first-order valence-corrected chi connectivity index (χ1v) is 6.43. The van der Waals surface area contributed by atoms with Crippen molar-refractivity contribution in [3.63, 3.8) is 0 Å². The highest BCUT2D eigenvalue weighted by molar-refractivity contribution is 4.90. The maximum absolute atomic E-state index is 8.81. The zero-order chi connectivity index (χ0) is 11.5. The molecule has 0 aromatic rings. The van der Waals surface area contributed by atoms with Crippen LogP contribution in [-0.2, 0) is 0 Å². The average molecular weight is 210 g/mol. The number of nitrogens with zero attached hydrogens (tertiary/aromatic N) is 1. The van der Waals surface area contributed by atoms with E-state index >= 15 is 0 Å². The Morgan fingerprint density at radius 2 is 1.73 bits per heavy atom. The Morgan fingerprint density at radius 1 is 1.20 bits per heavy atom. The minimum absolute atomic E-state index is 0.0723. The van der Waals surface area contributed by atoms with Gasteiger partial charge in [0.1, 0.15) is 0 Å². The van der Waals surface area contributed by atoms with Crippen LogP contribution in [0.15, 0.2) is 0 Å². The van der Waals surface area contributed by atoms with E-state index in [1.807, 2.05) is 20.9 Å². The molecule has 1 atom stereocenters. The van der Waals surface area contributed by atoms with E-state index in [1.54, 1.807) is 0 Å². The van der Waals surface area contributed by atoms with Crippen LogP contribution in [0.2, 0.25) is 0 Å². The van der Waals surface area contributed by atoms with E-state index < -0.39 is 0 Å². The van der Waals surface area contributed by atoms with Gasteiger partial charge in [-0.3, -0.25) is 0 Å². The first-order valence-electron chi connectivity index (χ1n) is 6.43. The molecule has 1 N–H and O–H groups in total. The molecule has 1 rings (SSSR count). The van der Waals surface area contributed by atoms with Crippen molar-refractivity contribution >= 4 is 0 Å². The highest BCUT2D eigenvalue weighted by atomic mass is 14.9. The van der Waals surface area contributed by atoms with Gasteiger partial charge in [-0.2, -0.15) is 5.26 Å². The standard InChI is InChI=1S/C11H20N2.C2H6/c1-13-11(9-12)8-10-6-4-2-3-5-7-10;1-2/h10-11,13H,2-8H2,1H3;1-2H3. The normalized spacial score (nSPS) is 19.3. The van der Waals surface area contributed by atoms with Gasteiger partial charge in [-0.15, -0.1) is 0 Å². The van der Waals surface area contributed by atoms with Crippen molar-refractivity contribution in [3.8, 4) is 6.07 Å². The van der Waals surface area contributed by atoms with Gasteiger partial charge in [0.25, 0.3) is 0 Å². The summed E-state index contributed by atoms with van der Waals surface area (Å²) in [6.45, 7) is 4.00. The molecule has 0 aliphatic heterocycles. The molecule has 0 spiro atoms. The first kappa shape index (κ1) is 14.5. The van der Waals surface area contributed by atoms with E-state index in [0.29, 0.717) is 0 Å². The number of nitriles is 1. The van der Waals surface area contributed by atoms with Gasteiger partial charge in [0.2, 0.25) is 0 Å². The molecule has 1 aliphatic rings. The third kappa shape index (κ3) is 6.52. The lowest BCUT2D eigenvalue weighted by atomic mass is 9.93. The zero-order valence-corrected chi connectivity index (χ0v) is 10.6. The smallest absolute Gasteiger partial charge is 0.0953 e. The molecule has 0 radical (unpaired) electrons. The number of hydrogen-bond acceptors (Lipinski definition) is 2. The lowest BCUT2D eigenvalue weighted by molar-refractivity contribution is 0.395. The highest BCUT2D eigenvalue weighted by Crippen LogP contribution is 2.26. The Morgan fingerprint density at radius 3 is 2.13 bits per heavy atom. The Bertz CT molecular complexity index is 164. The molecule has 2 heteroatoms. The molecule has 1 aliphatic carbocycles. The van der Waals surface area contributed by atoms with Crippen LogP contribution in [0.5, 0.6) is 0 Å². The third-order valence-electron chi connectivity index (χ3n) is 3.05. The van der Waals surface area contributed by atoms with Gasteiger partial charge >= 0.3 is 0 Å². The molecule has 15 heavy (non-hydrogen) atoms. The summed E-state index contributed by atoms with van der Waals surface area (Å²) in [6, 6.07) is 2.38. The fourth-order valence-corrected chi connectivity index (χ4v) is 2.17.